The Morgan fingerprint density at radius 1 is 1.20 bits per heavy atom. The number of hydrogen-bond donors (Lipinski definition) is 0. The lowest BCUT2D eigenvalue weighted by atomic mass is 10.0. The van der Waals surface area contributed by atoms with Crippen molar-refractivity contribution in [2.45, 2.75) is 25.7 Å². The molecule has 0 N–H and O–H groups in total. The van der Waals surface area contributed by atoms with Crippen molar-refractivity contribution >= 4 is 25.5 Å². The molecule has 0 unspecified atom stereocenters. The number of hydrogen-bond acceptors (Lipinski definition) is 3. The fraction of sp³-hybridized carbons (Fsp3) is 0.400. The molecule has 1 aromatic carbocycles. The minimum atomic E-state index is -3.56. The molecule has 0 saturated heterocycles. The molecule has 0 amide bonds. The van der Waals surface area contributed by atoms with Crippen LogP contribution in [0.25, 0.3) is 0 Å². The van der Waals surface area contributed by atoms with E-state index in [1.54, 1.807) is 6.07 Å². The zero-order valence-corrected chi connectivity index (χ0v) is 12.5. The maximum atomic E-state index is 11.6. The van der Waals surface area contributed by atoms with E-state index >= 15 is 0 Å². The summed E-state index contributed by atoms with van der Waals surface area (Å²) in [5.41, 5.74) is 3.22. The largest absolute Gasteiger partial charge is 0.296 e. The smallest absolute Gasteiger partial charge is 0.270 e. The average molecular weight is 244 g/mol. The van der Waals surface area contributed by atoms with Gasteiger partial charge in [-0.25, -0.2) is 0 Å². The van der Waals surface area contributed by atoms with Gasteiger partial charge in [0.05, 0.1) is 12.0 Å². The van der Waals surface area contributed by atoms with E-state index in [4.69, 9.17) is 0 Å². The Morgan fingerprint density at radius 2 is 1.73 bits per heavy atom. The van der Waals surface area contributed by atoms with Crippen LogP contribution >= 0.6 is 0 Å². The molecule has 0 aliphatic carbocycles. The zero-order valence-electron chi connectivity index (χ0n) is 9.71. The van der Waals surface area contributed by atoms with Gasteiger partial charge in [-0.1, -0.05) is 0 Å². The molecule has 1 aromatic rings. The normalized spacial score (nSPS) is 12.0. The van der Waals surface area contributed by atoms with Gasteiger partial charge >= 0.3 is 0 Å². The standard InChI is InChI=1S/C10H16O3SSi/c1-6-5-9(14(11,12)13-4)10(15)8(3)7(6)2/h5H,1-4,15H3. The molecular weight excluding hydrogens is 228 g/mol. The first-order valence-corrected chi connectivity index (χ1v) is 7.10. The van der Waals surface area contributed by atoms with Crippen molar-refractivity contribution in [3.63, 3.8) is 0 Å². The molecule has 0 fully saturated rings. The molecule has 5 heteroatoms. The average Bonchev–Trinajstić information content (AvgIpc) is 2.20. The van der Waals surface area contributed by atoms with Gasteiger partial charge in [0, 0.05) is 10.2 Å². The van der Waals surface area contributed by atoms with Crippen LogP contribution in [0.3, 0.4) is 0 Å². The van der Waals surface area contributed by atoms with Gasteiger partial charge in [0.1, 0.15) is 0 Å². The lowest BCUT2D eigenvalue weighted by Crippen LogP contribution is -2.21. The van der Waals surface area contributed by atoms with E-state index in [2.05, 4.69) is 4.18 Å². The molecule has 0 bridgehead atoms. The molecule has 3 nitrogen and oxygen atoms in total. The van der Waals surface area contributed by atoms with E-state index < -0.39 is 10.1 Å². The first kappa shape index (κ1) is 12.4. The quantitative estimate of drug-likeness (QED) is 0.541. The SMILES string of the molecule is COS(=O)(=O)c1cc(C)c(C)c(C)c1[SiH3]. The van der Waals surface area contributed by atoms with Crippen LogP contribution in [0.15, 0.2) is 11.0 Å². The van der Waals surface area contributed by atoms with Gasteiger partial charge < -0.3 is 0 Å². The fourth-order valence-corrected chi connectivity index (χ4v) is 3.82. The van der Waals surface area contributed by atoms with Crippen molar-refractivity contribution in [3.05, 3.63) is 22.8 Å². The summed E-state index contributed by atoms with van der Waals surface area (Å²) in [5.74, 6) is 0. The van der Waals surface area contributed by atoms with Crippen LogP contribution in [0.5, 0.6) is 0 Å². The van der Waals surface area contributed by atoms with Crippen LogP contribution in [-0.4, -0.2) is 25.8 Å². The van der Waals surface area contributed by atoms with Gasteiger partial charge in [0.2, 0.25) is 0 Å². The van der Waals surface area contributed by atoms with Crippen molar-refractivity contribution in [1.29, 1.82) is 0 Å². The third kappa shape index (κ3) is 2.14. The summed E-state index contributed by atoms with van der Waals surface area (Å²) >= 11 is 0. The molecule has 0 aromatic heterocycles. The second kappa shape index (κ2) is 4.07. The first-order chi connectivity index (χ1) is 6.81. The summed E-state index contributed by atoms with van der Waals surface area (Å²) in [6.07, 6.45) is 0. The summed E-state index contributed by atoms with van der Waals surface area (Å²) in [6, 6.07) is 1.70. The van der Waals surface area contributed by atoms with Crippen LogP contribution in [-0.2, 0) is 14.3 Å². The monoisotopic (exact) mass is 244 g/mol. The Labute approximate surface area is 94.0 Å². The van der Waals surface area contributed by atoms with Crippen molar-refractivity contribution in [2.24, 2.45) is 0 Å². The minimum Gasteiger partial charge on any atom is -0.270 e. The Balaban J connectivity index is 3.60. The highest BCUT2D eigenvalue weighted by Crippen LogP contribution is 2.17. The van der Waals surface area contributed by atoms with E-state index in [1.807, 2.05) is 20.8 Å². The molecule has 0 atom stereocenters. The highest BCUT2D eigenvalue weighted by molar-refractivity contribution is 7.87. The number of aryl methyl sites for hydroxylation is 1. The van der Waals surface area contributed by atoms with Crippen molar-refractivity contribution in [3.8, 4) is 0 Å². The predicted octanol–water partition coefficient (Wildman–Crippen LogP) is -0.0623. The molecule has 0 aliphatic heterocycles. The van der Waals surface area contributed by atoms with E-state index in [-0.39, 0.29) is 0 Å². The van der Waals surface area contributed by atoms with Crippen LogP contribution < -0.4 is 5.19 Å². The van der Waals surface area contributed by atoms with Gasteiger partial charge in [-0.05, 0) is 48.7 Å². The fourth-order valence-electron chi connectivity index (χ4n) is 1.52. The first-order valence-electron chi connectivity index (χ1n) is 4.69. The van der Waals surface area contributed by atoms with Gasteiger partial charge in [0.25, 0.3) is 10.1 Å². The molecule has 0 radical (unpaired) electrons. The molecule has 84 valence electrons. The number of rotatable bonds is 2. The molecule has 1 rings (SSSR count). The highest BCUT2D eigenvalue weighted by Gasteiger charge is 2.18. The summed E-state index contributed by atoms with van der Waals surface area (Å²) in [6.45, 7) is 5.88. The zero-order chi connectivity index (χ0) is 11.8. The van der Waals surface area contributed by atoms with Crippen LogP contribution in [0, 0.1) is 20.8 Å². The van der Waals surface area contributed by atoms with Crippen molar-refractivity contribution < 1.29 is 12.6 Å². The Morgan fingerprint density at radius 3 is 2.20 bits per heavy atom. The maximum Gasteiger partial charge on any atom is 0.296 e. The second-order valence-corrected chi connectivity index (χ2v) is 6.37. The van der Waals surface area contributed by atoms with E-state index in [0.29, 0.717) is 15.1 Å². The Hall–Kier alpha value is -0.653. The topological polar surface area (TPSA) is 43.4 Å². The van der Waals surface area contributed by atoms with Gasteiger partial charge in [-0.2, -0.15) is 8.42 Å². The van der Waals surface area contributed by atoms with Crippen LogP contribution in [0.4, 0.5) is 0 Å². The second-order valence-electron chi connectivity index (χ2n) is 3.69. The summed E-state index contributed by atoms with van der Waals surface area (Å²) in [7, 11) is -1.66. The summed E-state index contributed by atoms with van der Waals surface area (Å²) in [4.78, 5) is 0.331. The van der Waals surface area contributed by atoms with Crippen molar-refractivity contribution in [2.75, 3.05) is 7.11 Å². The molecule has 0 saturated carbocycles. The van der Waals surface area contributed by atoms with Crippen molar-refractivity contribution in [1.82, 2.24) is 0 Å². The molecule has 0 heterocycles. The Bertz CT molecular complexity index is 492. The predicted molar refractivity (Wildman–Crippen MR) is 64.4 cm³/mol. The third-order valence-corrected chi connectivity index (χ3v) is 5.98. The van der Waals surface area contributed by atoms with Crippen LogP contribution in [0.1, 0.15) is 16.7 Å². The van der Waals surface area contributed by atoms with Gasteiger partial charge in [0.15, 0.2) is 0 Å². The molecular formula is C10H16O3SSi. The maximum absolute atomic E-state index is 11.6. The van der Waals surface area contributed by atoms with E-state index in [0.717, 1.165) is 21.9 Å². The lowest BCUT2D eigenvalue weighted by molar-refractivity contribution is 0.398. The number of benzene rings is 1. The van der Waals surface area contributed by atoms with E-state index in [1.165, 1.54) is 7.11 Å². The highest BCUT2D eigenvalue weighted by atomic mass is 32.2. The van der Waals surface area contributed by atoms with Gasteiger partial charge in [-0.15, -0.1) is 0 Å². The minimum absolute atomic E-state index is 0.331. The van der Waals surface area contributed by atoms with Gasteiger partial charge in [-0.3, -0.25) is 4.18 Å². The molecule has 15 heavy (non-hydrogen) atoms. The Kier molecular flexibility index (Phi) is 3.37. The lowest BCUT2D eigenvalue weighted by Gasteiger charge is -2.13. The molecule has 0 aliphatic rings. The summed E-state index contributed by atoms with van der Waals surface area (Å²) < 4.78 is 27.8. The summed E-state index contributed by atoms with van der Waals surface area (Å²) in [5, 5.41) is 0.903. The molecule has 0 spiro atoms. The third-order valence-electron chi connectivity index (χ3n) is 2.92. The van der Waals surface area contributed by atoms with Crippen LogP contribution in [0.2, 0.25) is 0 Å². The van der Waals surface area contributed by atoms with E-state index in [9.17, 15) is 8.42 Å².